The number of carbonyl (C=O) groups is 12. The molecule has 8 heterocycles. The molecule has 12 N–H and O–H groups in total. The molecule has 0 spiro atoms. The average Bonchev–Trinajstić information content (AvgIpc) is 1.57. The van der Waals surface area contributed by atoms with Gasteiger partial charge in [-0.15, -0.1) is 0 Å². The van der Waals surface area contributed by atoms with E-state index in [1.165, 1.54) is 9.80 Å². The molecule has 12 atom stereocenters. The van der Waals surface area contributed by atoms with Crippen LogP contribution in [-0.4, -0.2) is 235 Å². The van der Waals surface area contributed by atoms with E-state index in [1.807, 2.05) is 47.8 Å². The number of rotatable bonds is 39. The Morgan fingerprint density at radius 3 is 1.33 bits per heavy atom. The van der Waals surface area contributed by atoms with Gasteiger partial charge in [-0.2, -0.15) is 23.5 Å². The van der Waals surface area contributed by atoms with E-state index < -0.39 is 52.9 Å². The van der Waals surface area contributed by atoms with Crippen LogP contribution in [0.5, 0.6) is 0 Å². The first-order chi connectivity index (χ1) is 49.2. The van der Waals surface area contributed by atoms with E-state index in [0.717, 1.165) is 61.2 Å². The molecule has 0 aromatic heterocycles. The molecule has 31 nitrogen and oxygen atoms in total. The molecule has 8 aliphatic heterocycles. The van der Waals surface area contributed by atoms with Crippen LogP contribution >= 0.6 is 23.5 Å². The van der Waals surface area contributed by atoms with E-state index in [1.54, 1.807) is 52.0 Å². The molecule has 2 aromatic carbocycles. The summed E-state index contributed by atoms with van der Waals surface area (Å²) in [5.74, 6) is -2.92. The Labute approximate surface area is 664 Å². The van der Waals surface area contributed by atoms with Gasteiger partial charge in [0.15, 0.2) is 0 Å². The number of nitrogens with two attached hydrogens (primary N) is 1. The van der Waals surface area contributed by atoms with E-state index in [0.29, 0.717) is 113 Å². The molecule has 11 amide bonds. The minimum Gasteiger partial charge on any atom is -0.548 e. The molecular weight excluding hydrogens is 1420 g/mol. The number of carboxylic acids is 3. The SMILES string of the molecule is CC1(C)C[C@@H]2[C@H](NC(=O)CCc3ccc(N)cc3)C(=O)N2[C@H]1C(=O)[O-].CC1(C)C[C@@H]2[C@H](NC(=O)CCc3ccc(NC(=O)CCOCCOCCNC(=O)CCCCC4SCC5NC(=O)NC54)cc3)C(=O)N2[C@H]1C(=O)[O-].O=C(O)CCOCCOCCNC(=O)CCCCC1SCC2NC(=O)NC21.[Na+].[Na+]. The molecule has 568 valence electrons. The monoisotopic (exact) mass is 1520 g/mol. The standard InChI is InChI=1S/C35H50N6O9S.C18H23N3O4.C17H29N3O6S.2Na/c1-35(2)19-24-30(32(45)41(24)31(35)33(46)47)39-27(43)12-9-21-7-10-22(11-8-21)37-28(44)13-15-49-17-18-50-16-14-36-26(42)6-4-3-5-25-29-23(20-51-25)38-34(48)40-29;1-18(2)9-12-14(16(23)21(12)15(18)17(24)25)20-13(22)8-5-10-3-6-11(19)7-4-10;21-14(18-6-8-26-10-9-25-7-5-15(22)23)4-2-1-3-13-16-12(11-27-13)19-17(24)20-16;;/h7-8,10-11,23-25,29-31H,3-6,9,12-20H2,1-2H3,(H,36,42)(H,37,44)(H,39,43)(H,46,47)(H2,38,40,48);3-4,6-7,12,14-15H,5,8-9,19H2,1-2H3,(H,20,22)(H,24,25);12-13,16H,1-11H2,(H,18,21)(H,22,23)(H2,19,20,24);;/q;;;2*+1/p-2/t23?,24-,25?,29?,30+,31+;12-,14+,15+;;;/m11.../s1. The van der Waals surface area contributed by atoms with E-state index in [9.17, 15) is 67.7 Å². The first-order valence-corrected chi connectivity index (χ1v) is 37.6. The number of nitrogens with zero attached hydrogens (tertiary/aromatic N) is 2. The van der Waals surface area contributed by atoms with Gasteiger partial charge in [0, 0.05) is 72.2 Å². The number of urea groups is 2. The first kappa shape index (κ1) is 87.9. The van der Waals surface area contributed by atoms with Gasteiger partial charge in [0.25, 0.3) is 0 Å². The molecule has 10 rings (SSSR count). The number of thioether (sulfide) groups is 2. The number of carboxylic acid groups (broad SMARTS) is 3. The smallest absolute Gasteiger partial charge is 0.548 e. The molecule has 0 aliphatic carbocycles. The van der Waals surface area contributed by atoms with Crippen molar-refractivity contribution in [3.05, 3.63) is 59.7 Å². The van der Waals surface area contributed by atoms with Crippen molar-refractivity contribution in [1.29, 1.82) is 0 Å². The van der Waals surface area contributed by atoms with E-state index >= 15 is 0 Å². The fourth-order valence-electron chi connectivity index (χ4n) is 14.3. The van der Waals surface area contributed by atoms with Crippen LogP contribution in [0.4, 0.5) is 21.0 Å². The maximum atomic E-state index is 12.6. The van der Waals surface area contributed by atoms with E-state index in [4.69, 9.17) is 29.8 Å². The maximum absolute atomic E-state index is 12.6. The Kier molecular flexibility index (Phi) is 35.7. The molecule has 0 saturated carbocycles. The quantitative estimate of drug-likeness (QED) is 0.00975. The second-order valence-corrected chi connectivity index (χ2v) is 30.9. The van der Waals surface area contributed by atoms with Gasteiger partial charge in [-0.25, -0.2) is 9.59 Å². The molecule has 8 saturated heterocycles. The summed E-state index contributed by atoms with van der Waals surface area (Å²) in [5, 5.41) is 58.1. The number of hydrogen-bond donors (Lipinski definition) is 11. The molecule has 105 heavy (non-hydrogen) atoms. The number of anilines is 2. The van der Waals surface area contributed by atoms with Gasteiger partial charge < -0.3 is 107 Å². The zero-order valence-electron chi connectivity index (χ0n) is 60.9. The number of hydrogen-bond acceptors (Lipinski definition) is 21. The summed E-state index contributed by atoms with van der Waals surface area (Å²) in [4.78, 5) is 144. The number of β-lactam (4-membered cyclic amide) rings is 2. The normalized spacial score (nSPS) is 24.9. The third-order valence-corrected chi connectivity index (χ3v) is 22.6. The van der Waals surface area contributed by atoms with Crippen LogP contribution in [0, 0.1) is 10.8 Å². The Morgan fingerprint density at radius 2 is 0.924 bits per heavy atom. The number of nitrogen functional groups attached to an aromatic ring is 1. The van der Waals surface area contributed by atoms with Crippen LogP contribution in [0.15, 0.2) is 48.5 Å². The van der Waals surface area contributed by atoms with Crippen molar-refractivity contribution in [2.24, 2.45) is 10.8 Å². The Bertz CT molecular complexity index is 3310. The molecule has 6 unspecified atom stereocenters. The Morgan fingerprint density at radius 1 is 0.524 bits per heavy atom. The molecule has 0 bridgehead atoms. The first-order valence-electron chi connectivity index (χ1n) is 35.5. The van der Waals surface area contributed by atoms with Crippen molar-refractivity contribution in [1.82, 2.24) is 52.3 Å². The fourth-order valence-corrected chi connectivity index (χ4v) is 17.4. The second kappa shape index (κ2) is 42.7. The second-order valence-electron chi connectivity index (χ2n) is 28.3. The summed E-state index contributed by atoms with van der Waals surface area (Å²) in [5.41, 5.74) is 7.59. The van der Waals surface area contributed by atoms with Gasteiger partial charge in [0.05, 0.1) is 126 Å². The summed E-state index contributed by atoms with van der Waals surface area (Å²) >= 11 is 3.77. The van der Waals surface area contributed by atoms with Crippen LogP contribution in [0.25, 0.3) is 0 Å². The van der Waals surface area contributed by atoms with E-state index in [-0.39, 0.29) is 188 Å². The van der Waals surface area contributed by atoms with Crippen LogP contribution in [0.3, 0.4) is 0 Å². The number of carbonyl (C=O) groups excluding carboxylic acids is 11. The molecule has 35 heteroatoms. The number of nitrogens with one attached hydrogen (secondary N) is 9. The molecular formula is C70H100N12Na2O19S2. The van der Waals surface area contributed by atoms with Crippen molar-refractivity contribution in [3.63, 3.8) is 0 Å². The minimum atomic E-state index is -1.28. The molecule has 8 fully saturated rings. The number of aryl methyl sites for hydroxylation is 2. The Hall–Kier alpha value is -5.98. The van der Waals surface area contributed by atoms with E-state index in [2.05, 4.69) is 47.9 Å². The summed E-state index contributed by atoms with van der Waals surface area (Å²) < 4.78 is 21.4. The summed E-state index contributed by atoms with van der Waals surface area (Å²) in [6.07, 6.45) is 9.06. The summed E-state index contributed by atoms with van der Waals surface area (Å²) in [6, 6.07) is 11.3. The van der Waals surface area contributed by atoms with Gasteiger partial charge >= 0.3 is 77.1 Å². The van der Waals surface area contributed by atoms with Crippen molar-refractivity contribution in [3.8, 4) is 0 Å². The molecule has 2 aromatic rings. The van der Waals surface area contributed by atoms with Crippen molar-refractivity contribution >= 4 is 106 Å². The van der Waals surface area contributed by atoms with Crippen LogP contribution in [0.2, 0.25) is 0 Å². The zero-order chi connectivity index (χ0) is 74.4. The zero-order valence-corrected chi connectivity index (χ0v) is 66.6. The minimum absolute atomic E-state index is 0. The van der Waals surface area contributed by atoms with Crippen LogP contribution in [0.1, 0.15) is 129 Å². The third-order valence-electron chi connectivity index (χ3n) is 19.6. The van der Waals surface area contributed by atoms with Gasteiger partial charge in [0.1, 0.15) is 12.1 Å². The predicted octanol–water partition coefficient (Wildman–Crippen LogP) is -6.14. The Balaban J connectivity index is 0.000000269. The molecule has 0 radical (unpaired) electrons. The third kappa shape index (κ3) is 26.1. The number of amides is 11. The van der Waals surface area contributed by atoms with Gasteiger partial charge in [-0.1, -0.05) is 64.8 Å². The molecule has 8 aliphatic rings. The van der Waals surface area contributed by atoms with Gasteiger partial charge in [0.2, 0.25) is 41.4 Å². The number of unbranched alkanes of at least 4 members (excludes halogenated alkanes) is 2. The van der Waals surface area contributed by atoms with Crippen molar-refractivity contribution < 1.29 is 151 Å². The van der Waals surface area contributed by atoms with Crippen LogP contribution in [-0.2, 0) is 79.7 Å². The van der Waals surface area contributed by atoms with Gasteiger partial charge in [-0.05, 0) is 97.6 Å². The maximum Gasteiger partial charge on any atom is 1.00 e. The summed E-state index contributed by atoms with van der Waals surface area (Å²) in [7, 11) is 0. The van der Waals surface area contributed by atoms with Crippen molar-refractivity contribution in [2.45, 2.75) is 201 Å². The fraction of sp³-hybridized carbons (Fsp3) is 0.657. The topological polar surface area (TPSA) is 449 Å². The number of fused-ring (bicyclic) bond motifs is 4. The largest absolute Gasteiger partial charge is 1.00 e. The number of aliphatic carboxylic acids is 3. The van der Waals surface area contributed by atoms with Crippen LogP contribution < -0.4 is 123 Å². The van der Waals surface area contributed by atoms with Crippen molar-refractivity contribution in [2.75, 3.05) is 88.5 Å². The average molecular weight is 1520 g/mol. The van der Waals surface area contributed by atoms with Gasteiger partial charge in [-0.3, -0.25) is 38.4 Å². The number of benzene rings is 2. The summed E-state index contributed by atoms with van der Waals surface area (Å²) in [6.45, 7) is 10.6. The number of ether oxygens (including phenoxy) is 4. The predicted molar refractivity (Wildman–Crippen MR) is 376 cm³/mol.